The van der Waals surface area contributed by atoms with Crippen LogP contribution < -0.4 is 0 Å². The zero-order valence-electron chi connectivity index (χ0n) is 6.22. The Morgan fingerprint density at radius 1 is 1.73 bits per heavy atom. The van der Waals surface area contributed by atoms with Crippen molar-refractivity contribution in [3.63, 3.8) is 0 Å². The van der Waals surface area contributed by atoms with Gasteiger partial charge in [-0.3, -0.25) is 4.98 Å². The number of halogens is 2. The zero-order valence-corrected chi connectivity index (χ0v) is 6.98. The van der Waals surface area contributed by atoms with E-state index in [9.17, 15) is 4.39 Å². The lowest BCUT2D eigenvalue weighted by Crippen LogP contribution is -1.93. The lowest BCUT2D eigenvalue weighted by Gasteiger charge is -2.05. The van der Waals surface area contributed by atoms with Crippen LogP contribution in [0.4, 0.5) is 4.39 Å². The Morgan fingerprint density at radius 3 is 3.00 bits per heavy atom. The van der Waals surface area contributed by atoms with Crippen LogP contribution in [-0.4, -0.2) is 4.98 Å². The zero-order chi connectivity index (χ0) is 8.27. The van der Waals surface area contributed by atoms with Gasteiger partial charge in [0, 0.05) is 11.8 Å². The Bertz CT molecular complexity index is 239. The summed E-state index contributed by atoms with van der Waals surface area (Å²) in [6.07, 6.45) is 3.45. The number of pyridine rings is 1. The number of nitrogens with zero attached hydrogens (tertiary/aromatic N) is 1. The summed E-state index contributed by atoms with van der Waals surface area (Å²) in [6.45, 7) is 1.91. The number of hydrogen-bond donors (Lipinski definition) is 0. The van der Waals surface area contributed by atoms with Crippen LogP contribution in [0, 0.1) is 5.82 Å². The fourth-order valence-electron chi connectivity index (χ4n) is 0.860. The summed E-state index contributed by atoms with van der Waals surface area (Å²) < 4.78 is 12.9. The van der Waals surface area contributed by atoms with Gasteiger partial charge in [-0.25, -0.2) is 4.39 Å². The van der Waals surface area contributed by atoms with E-state index in [0.717, 1.165) is 6.42 Å². The van der Waals surface area contributed by atoms with E-state index in [1.807, 2.05) is 6.92 Å². The second kappa shape index (κ2) is 3.67. The van der Waals surface area contributed by atoms with E-state index >= 15 is 0 Å². The third-order valence-corrected chi connectivity index (χ3v) is 2.04. The van der Waals surface area contributed by atoms with Gasteiger partial charge in [0.25, 0.3) is 0 Å². The van der Waals surface area contributed by atoms with Crippen molar-refractivity contribution in [3.8, 4) is 0 Å². The molecule has 1 rings (SSSR count). The molecule has 0 aromatic carbocycles. The molecule has 1 unspecified atom stereocenters. The van der Waals surface area contributed by atoms with Gasteiger partial charge < -0.3 is 0 Å². The molecule has 1 heterocycles. The van der Waals surface area contributed by atoms with Crippen LogP contribution in [0.25, 0.3) is 0 Å². The molecule has 0 aliphatic carbocycles. The van der Waals surface area contributed by atoms with E-state index in [1.54, 1.807) is 12.3 Å². The molecule has 3 heteroatoms. The molecule has 1 aromatic heterocycles. The Morgan fingerprint density at radius 2 is 2.45 bits per heavy atom. The molecule has 0 bridgehead atoms. The lowest BCUT2D eigenvalue weighted by molar-refractivity contribution is 0.598. The van der Waals surface area contributed by atoms with Gasteiger partial charge in [0.2, 0.25) is 0 Å². The minimum Gasteiger partial charge on any atom is -0.262 e. The van der Waals surface area contributed by atoms with Crippen LogP contribution in [0.1, 0.15) is 24.3 Å². The average Bonchev–Trinajstić information content (AvgIpc) is 2.04. The molecule has 0 saturated carbocycles. The number of rotatable bonds is 2. The SMILES string of the molecule is CCC(Cl)c1ccncc1F. The summed E-state index contributed by atoms with van der Waals surface area (Å²) in [7, 11) is 0. The molecule has 0 spiro atoms. The van der Waals surface area contributed by atoms with Gasteiger partial charge in [-0.15, -0.1) is 11.6 Å². The van der Waals surface area contributed by atoms with Crippen molar-refractivity contribution in [1.82, 2.24) is 4.98 Å². The summed E-state index contributed by atoms with van der Waals surface area (Å²) in [5.74, 6) is -0.325. The Balaban J connectivity index is 2.93. The van der Waals surface area contributed by atoms with Gasteiger partial charge in [0.15, 0.2) is 0 Å². The molecule has 0 saturated heterocycles. The summed E-state index contributed by atoms with van der Waals surface area (Å²) in [6, 6.07) is 1.61. The highest BCUT2D eigenvalue weighted by Crippen LogP contribution is 2.24. The molecule has 0 N–H and O–H groups in total. The van der Waals surface area contributed by atoms with Gasteiger partial charge in [-0.1, -0.05) is 6.92 Å². The molecule has 11 heavy (non-hydrogen) atoms. The first kappa shape index (κ1) is 8.47. The third kappa shape index (κ3) is 1.90. The molecule has 0 fully saturated rings. The first-order valence-electron chi connectivity index (χ1n) is 3.49. The normalized spacial score (nSPS) is 13.0. The van der Waals surface area contributed by atoms with Crippen molar-refractivity contribution in [2.45, 2.75) is 18.7 Å². The summed E-state index contributed by atoms with van der Waals surface area (Å²) >= 11 is 5.83. The molecular formula is C8H9ClFN. The number of alkyl halides is 1. The molecule has 0 radical (unpaired) electrons. The highest BCUT2D eigenvalue weighted by Gasteiger charge is 2.09. The lowest BCUT2D eigenvalue weighted by atomic mass is 10.1. The molecule has 1 atom stereocenters. The van der Waals surface area contributed by atoms with Crippen LogP contribution in [0.15, 0.2) is 18.5 Å². The monoisotopic (exact) mass is 173 g/mol. The molecule has 1 aromatic rings. The van der Waals surface area contributed by atoms with Gasteiger partial charge in [0.1, 0.15) is 5.82 Å². The van der Waals surface area contributed by atoms with Crippen molar-refractivity contribution in [3.05, 3.63) is 29.8 Å². The molecule has 60 valence electrons. The van der Waals surface area contributed by atoms with Crippen LogP contribution in [0.3, 0.4) is 0 Å². The standard InChI is InChI=1S/C8H9ClFN/c1-2-7(9)6-3-4-11-5-8(6)10/h3-5,7H,2H2,1H3. The topological polar surface area (TPSA) is 12.9 Å². The fraction of sp³-hybridized carbons (Fsp3) is 0.375. The smallest absolute Gasteiger partial charge is 0.146 e. The van der Waals surface area contributed by atoms with E-state index in [4.69, 9.17) is 11.6 Å². The van der Waals surface area contributed by atoms with E-state index in [2.05, 4.69) is 4.98 Å². The van der Waals surface area contributed by atoms with Crippen molar-refractivity contribution >= 4 is 11.6 Å². The predicted molar refractivity (Wildman–Crippen MR) is 43.1 cm³/mol. The highest BCUT2D eigenvalue weighted by molar-refractivity contribution is 6.20. The van der Waals surface area contributed by atoms with Crippen molar-refractivity contribution < 1.29 is 4.39 Å². The molecule has 0 aliphatic rings. The fourth-order valence-corrected chi connectivity index (χ4v) is 1.04. The molecule has 0 aliphatic heterocycles. The Hall–Kier alpha value is -0.630. The maximum atomic E-state index is 12.9. The predicted octanol–water partition coefficient (Wildman–Crippen LogP) is 2.91. The van der Waals surface area contributed by atoms with E-state index < -0.39 is 0 Å². The van der Waals surface area contributed by atoms with Crippen LogP contribution in [0.2, 0.25) is 0 Å². The van der Waals surface area contributed by atoms with Crippen molar-refractivity contribution in [2.75, 3.05) is 0 Å². The summed E-state index contributed by atoms with van der Waals surface area (Å²) in [5.41, 5.74) is 0.532. The quantitative estimate of drug-likeness (QED) is 0.627. The Labute approximate surface area is 70.2 Å². The minimum absolute atomic E-state index is 0.238. The van der Waals surface area contributed by atoms with Crippen molar-refractivity contribution in [2.24, 2.45) is 0 Å². The van der Waals surface area contributed by atoms with Crippen LogP contribution in [-0.2, 0) is 0 Å². The maximum absolute atomic E-state index is 12.9. The summed E-state index contributed by atoms with van der Waals surface area (Å²) in [4.78, 5) is 3.63. The van der Waals surface area contributed by atoms with Crippen LogP contribution in [0.5, 0.6) is 0 Å². The number of hydrogen-bond acceptors (Lipinski definition) is 1. The van der Waals surface area contributed by atoms with Crippen molar-refractivity contribution in [1.29, 1.82) is 0 Å². The maximum Gasteiger partial charge on any atom is 0.146 e. The number of aromatic nitrogens is 1. The largest absolute Gasteiger partial charge is 0.262 e. The molecular weight excluding hydrogens is 165 g/mol. The third-order valence-electron chi connectivity index (χ3n) is 1.50. The molecule has 0 amide bonds. The van der Waals surface area contributed by atoms with Gasteiger partial charge in [-0.05, 0) is 12.5 Å². The van der Waals surface area contributed by atoms with E-state index in [1.165, 1.54) is 6.20 Å². The second-order valence-electron chi connectivity index (χ2n) is 2.27. The highest BCUT2D eigenvalue weighted by atomic mass is 35.5. The Kier molecular flexibility index (Phi) is 2.83. The van der Waals surface area contributed by atoms with Gasteiger partial charge in [0.05, 0.1) is 11.6 Å². The van der Waals surface area contributed by atoms with Crippen LogP contribution >= 0.6 is 11.6 Å². The van der Waals surface area contributed by atoms with E-state index in [-0.39, 0.29) is 11.2 Å². The van der Waals surface area contributed by atoms with E-state index in [0.29, 0.717) is 5.56 Å². The van der Waals surface area contributed by atoms with Gasteiger partial charge in [-0.2, -0.15) is 0 Å². The van der Waals surface area contributed by atoms with Gasteiger partial charge >= 0.3 is 0 Å². The summed E-state index contributed by atoms with van der Waals surface area (Å²) in [5, 5.41) is -0.238. The first-order valence-corrected chi connectivity index (χ1v) is 3.92. The molecule has 1 nitrogen and oxygen atoms in total. The minimum atomic E-state index is -0.325. The second-order valence-corrected chi connectivity index (χ2v) is 2.80. The first-order chi connectivity index (χ1) is 5.25. The average molecular weight is 174 g/mol.